The number of ether oxygens (including phenoxy) is 2. The van der Waals surface area contributed by atoms with Gasteiger partial charge < -0.3 is 9.47 Å². The third kappa shape index (κ3) is 4.29. The van der Waals surface area contributed by atoms with Gasteiger partial charge in [0.25, 0.3) is 0 Å². The Balaban J connectivity index is 1.96. The van der Waals surface area contributed by atoms with E-state index in [4.69, 9.17) is 9.47 Å². The fraction of sp³-hybridized carbons (Fsp3) is 0.364. The average molecular weight is 376 g/mol. The SMILES string of the molecule is COc1cc(/C=C/c2cc(F)c(F)cc2F)cc(OC)c1C1CCCCC1. The number of hydrogen-bond donors (Lipinski definition) is 0. The summed E-state index contributed by atoms with van der Waals surface area (Å²) < 4.78 is 51.4. The Morgan fingerprint density at radius 1 is 0.778 bits per heavy atom. The molecule has 1 fully saturated rings. The molecule has 27 heavy (non-hydrogen) atoms. The monoisotopic (exact) mass is 376 g/mol. The van der Waals surface area contributed by atoms with Gasteiger partial charge in [-0.25, -0.2) is 13.2 Å². The molecular weight excluding hydrogens is 353 g/mol. The molecular formula is C22H23F3O2. The van der Waals surface area contributed by atoms with Gasteiger partial charge in [-0.05, 0) is 42.5 Å². The molecule has 2 nitrogen and oxygen atoms in total. The summed E-state index contributed by atoms with van der Waals surface area (Å²) in [6.07, 6.45) is 8.87. The van der Waals surface area contributed by atoms with Crippen LogP contribution < -0.4 is 9.47 Å². The van der Waals surface area contributed by atoms with Gasteiger partial charge in [0.05, 0.1) is 14.2 Å². The number of hydrogen-bond acceptors (Lipinski definition) is 2. The third-order valence-corrected chi connectivity index (χ3v) is 5.07. The lowest BCUT2D eigenvalue weighted by atomic mass is 9.82. The smallest absolute Gasteiger partial charge is 0.161 e. The highest BCUT2D eigenvalue weighted by atomic mass is 19.2. The van der Waals surface area contributed by atoms with Crippen molar-refractivity contribution in [3.8, 4) is 11.5 Å². The van der Waals surface area contributed by atoms with E-state index in [0.29, 0.717) is 12.0 Å². The van der Waals surface area contributed by atoms with E-state index in [0.717, 1.165) is 41.5 Å². The molecule has 0 amide bonds. The molecule has 0 aliphatic heterocycles. The molecule has 0 spiro atoms. The summed E-state index contributed by atoms with van der Waals surface area (Å²) in [7, 11) is 3.23. The van der Waals surface area contributed by atoms with Crippen LogP contribution in [0.3, 0.4) is 0 Å². The van der Waals surface area contributed by atoms with E-state index < -0.39 is 17.5 Å². The largest absolute Gasteiger partial charge is 0.496 e. The standard InChI is InChI=1S/C22H23F3O2/c1-26-20-10-14(8-9-16-12-18(24)19(25)13-17(16)23)11-21(27-2)22(20)15-6-4-3-5-7-15/h8-13,15H,3-7H2,1-2H3/b9-8+. The first-order chi connectivity index (χ1) is 13.0. The van der Waals surface area contributed by atoms with Crippen molar-refractivity contribution in [1.29, 1.82) is 0 Å². The number of halogens is 3. The molecule has 0 saturated heterocycles. The maximum Gasteiger partial charge on any atom is 0.161 e. The van der Waals surface area contributed by atoms with Gasteiger partial charge in [0.15, 0.2) is 11.6 Å². The zero-order chi connectivity index (χ0) is 19.4. The molecule has 3 rings (SSSR count). The van der Waals surface area contributed by atoms with E-state index in [1.54, 1.807) is 20.3 Å². The van der Waals surface area contributed by atoms with Gasteiger partial charge in [-0.15, -0.1) is 0 Å². The summed E-state index contributed by atoms with van der Waals surface area (Å²) in [4.78, 5) is 0. The second-order valence-corrected chi connectivity index (χ2v) is 6.80. The second-order valence-electron chi connectivity index (χ2n) is 6.80. The first-order valence-electron chi connectivity index (χ1n) is 9.12. The van der Waals surface area contributed by atoms with Crippen molar-refractivity contribution in [3.05, 3.63) is 58.4 Å². The van der Waals surface area contributed by atoms with Crippen molar-refractivity contribution in [2.75, 3.05) is 14.2 Å². The molecule has 0 atom stereocenters. The van der Waals surface area contributed by atoms with Crippen molar-refractivity contribution >= 4 is 12.2 Å². The highest BCUT2D eigenvalue weighted by Crippen LogP contribution is 2.43. The number of methoxy groups -OCH3 is 2. The lowest BCUT2D eigenvalue weighted by Gasteiger charge is -2.26. The van der Waals surface area contributed by atoms with Gasteiger partial charge in [-0.2, -0.15) is 0 Å². The molecule has 1 aliphatic rings. The van der Waals surface area contributed by atoms with Crippen LogP contribution in [0.2, 0.25) is 0 Å². The van der Waals surface area contributed by atoms with Crippen LogP contribution in [0.4, 0.5) is 13.2 Å². The molecule has 2 aromatic carbocycles. The van der Waals surface area contributed by atoms with E-state index in [9.17, 15) is 13.2 Å². The average Bonchev–Trinajstić information content (AvgIpc) is 2.69. The van der Waals surface area contributed by atoms with Crippen LogP contribution in [0, 0.1) is 17.5 Å². The van der Waals surface area contributed by atoms with Crippen molar-refractivity contribution in [1.82, 2.24) is 0 Å². The molecule has 0 N–H and O–H groups in total. The third-order valence-electron chi connectivity index (χ3n) is 5.07. The Kier molecular flexibility index (Phi) is 6.09. The Hall–Kier alpha value is -2.43. The van der Waals surface area contributed by atoms with Crippen LogP contribution in [0.1, 0.15) is 54.7 Å². The van der Waals surface area contributed by atoms with Crippen molar-refractivity contribution in [3.63, 3.8) is 0 Å². The van der Waals surface area contributed by atoms with Gasteiger partial charge in [0.2, 0.25) is 0 Å². The van der Waals surface area contributed by atoms with E-state index >= 15 is 0 Å². The summed E-state index contributed by atoms with van der Waals surface area (Å²) in [5.41, 5.74) is 1.77. The molecule has 144 valence electrons. The van der Waals surface area contributed by atoms with Crippen LogP contribution in [0.15, 0.2) is 24.3 Å². The van der Waals surface area contributed by atoms with Gasteiger partial charge in [0.1, 0.15) is 17.3 Å². The van der Waals surface area contributed by atoms with Crippen LogP contribution in [-0.4, -0.2) is 14.2 Å². The van der Waals surface area contributed by atoms with Gasteiger partial charge >= 0.3 is 0 Å². The van der Waals surface area contributed by atoms with E-state index in [2.05, 4.69) is 0 Å². The zero-order valence-electron chi connectivity index (χ0n) is 15.5. The summed E-state index contributed by atoms with van der Waals surface area (Å²) in [5.74, 6) is -1.25. The van der Waals surface area contributed by atoms with E-state index in [1.165, 1.54) is 25.3 Å². The van der Waals surface area contributed by atoms with Crippen LogP contribution in [0.25, 0.3) is 12.2 Å². The fourth-order valence-corrected chi connectivity index (χ4v) is 3.70. The number of benzene rings is 2. The molecule has 1 aliphatic carbocycles. The topological polar surface area (TPSA) is 18.5 Å². The van der Waals surface area contributed by atoms with Crippen LogP contribution in [-0.2, 0) is 0 Å². The van der Waals surface area contributed by atoms with Crippen molar-refractivity contribution < 1.29 is 22.6 Å². The highest BCUT2D eigenvalue weighted by Gasteiger charge is 2.23. The quantitative estimate of drug-likeness (QED) is 0.448. The maximum atomic E-state index is 13.8. The molecule has 0 bridgehead atoms. The fourth-order valence-electron chi connectivity index (χ4n) is 3.70. The Morgan fingerprint density at radius 2 is 1.37 bits per heavy atom. The van der Waals surface area contributed by atoms with Gasteiger partial charge in [-0.1, -0.05) is 31.4 Å². The lowest BCUT2D eigenvalue weighted by Crippen LogP contribution is -2.08. The first kappa shape index (κ1) is 19.3. The zero-order valence-corrected chi connectivity index (χ0v) is 15.5. The molecule has 0 aromatic heterocycles. The molecule has 2 aromatic rings. The lowest BCUT2D eigenvalue weighted by molar-refractivity contribution is 0.359. The Morgan fingerprint density at radius 3 is 1.96 bits per heavy atom. The molecule has 5 heteroatoms. The van der Waals surface area contributed by atoms with E-state index in [-0.39, 0.29) is 5.56 Å². The Bertz CT molecular complexity index is 815. The minimum atomic E-state index is -1.20. The molecule has 1 saturated carbocycles. The Labute approximate surface area is 157 Å². The summed E-state index contributed by atoms with van der Waals surface area (Å²) in [6, 6.07) is 5.11. The molecule has 0 unspecified atom stereocenters. The maximum absolute atomic E-state index is 13.8. The van der Waals surface area contributed by atoms with Crippen molar-refractivity contribution in [2.24, 2.45) is 0 Å². The number of rotatable bonds is 5. The predicted octanol–water partition coefficient (Wildman–Crippen LogP) is 6.34. The minimum absolute atomic E-state index is 0.0248. The van der Waals surface area contributed by atoms with E-state index in [1.807, 2.05) is 12.1 Å². The highest BCUT2D eigenvalue weighted by molar-refractivity contribution is 5.72. The predicted molar refractivity (Wildman–Crippen MR) is 101 cm³/mol. The second kappa shape index (κ2) is 8.51. The van der Waals surface area contributed by atoms with Crippen LogP contribution in [0.5, 0.6) is 11.5 Å². The normalized spacial score (nSPS) is 15.3. The first-order valence-corrected chi connectivity index (χ1v) is 9.12. The summed E-state index contributed by atoms with van der Waals surface area (Å²) in [5, 5.41) is 0. The van der Waals surface area contributed by atoms with Gasteiger partial charge in [0, 0.05) is 17.2 Å². The molecule has 0 heterocycles. The van der Waals surface area contributed by atoms with Gasteiger partial charge in [-0.3, -0.25) is 0 Å². The summed E-state index contributed by atoms with van der Waals surface area (Å²) >= 11 is 0. The molecule has 0 radical (unpaired) electrons. The van der Waals surface area contributed by atoms with Crippen LogP contribution >= 0.6 is 0 Å². The van der Waals surface area contributed by atoms with Crippen molar-refractivity contribution in [2.45, 2.75) is 38.0 Å². The summed E-state index contributed by atoms with van der Waals surface area (Å²) in [6.45, 7) is 0. The minimum Gasteiger partial charge on any atom is -0.496 e.